The number of hydrogen-bond donors (Lipinski definition) is 3. The molecule has 0 saturated carbocycles. The van der Waals surface area contributed by atoms with Crippen LogP contribution in [0, 0.1) is 0 Å². The van der Waals surface area contributed by atoms with Gasteiger partial charge in [-0.2, -0.15) is 0 Å². The predicted octanol–water partition coefficient (Wildman–Crippen LogP) is 16.5. The number of aliphatic hydroxyl groups excluding tert-OH is 2. The maximum absolute atomic E-state index is 13.2. The number of aliphatic hydroxyl groups is 2. The maximum Gasteiger partial charge on any atom is 0.306 e. The second-order valence-corrected chi connectivity index (χ2v) is 18.7. The van der Waals surface area contributed by atoms with Gasteiger partial charge in [-0.15, -0.1) is 0 Å². The van der Waals surface area contributed by atoms with Gasteiger partial charge in [0.25, 0.3) is 0 Å². The molecule has 0 aliphatic heterocycles. The van der Waals surface area contributed by atoms with Crippen molar-refractivity contribution in [3.8, 4) is 0 Å². The van der Waals surface area contributed by atoms with E-state index in [0.29, 0.717) is 19.3 Å². The summed E-state index contributed by atoms with van der Waals surface area (Å²) >= 11 is 0. The molecule has 0 spiro atoms. The lowest BCUT2D eigenvalue weighted by molar-refractivity contribution is -0.151. The van der Waals surface area contributed by atoms with Gasteiger partial charge in [-0.05, 0) is 70.6 Å². The largest absolute Gasteiger partial charge is 0.462 e. The Balaban J connectivity index is 4.53. The summed E-state index contributed by atoms with van der Waals surface area (Å²) in [6, 6.07) is -0.711. The third kappa shape index (κ3) is 44.7. The van der Waals surface area contributed by atoms with Crippen molar-refractivity contribution in [2.45, 2.75) is 302 Å². The second-order valence-electron chi connectivity index (χ2n) is 18.7. The molecule has 1 amide bonds. The highest BCUT2D eigenvalue weighted by molar-refractivity contribution is 5.77. The van der Waals surface area contributed by atoms with Crippen LogP contribution in [0.15, 0.2) is 36.5 Å². The number of allylic oxidation sites excluding steroid dienone is 6. The molecule has 6 nitrogen and oxygen atoms in total. The van der Waals surface area contributed by atoms with Crippen LogP contribution < -0.4 is 5.32 Å². The van der Waals surface area contributed by atoms with Gasteiger partial charge in [-0.25, -0.2) is 0 Å². The van der Waals surface area contributed by atoms with E-state index < -0.39 is 18.2 Å². The molecule has 364 valence electrons. The van der Waals surface area contributed by atoms with Crippen molar-refractivity contribution in [1.82, 2.24) is 5.32 Å². The first-order valence-electron chi connectivity index (χ1n) is 27.2. The SMILES string of the molecule is CCCCCCCC/C=C\CCCC(CC(=O)NC(CO)C(O)CCCCCCCCCCCCCCCC)OC(=O)CCCCCCC/C=C/C=C/CCCCCCCCC. The Morgan fingerprint density at radius 3 is 1.27 bits per heavy atom. The standard InChI is InChI=1S/C56H105NO5/c1-4-7-10-13-16-19-22-24-26-27-28-29-31-34-37-40-43-46-49-56(61)62-52(47-44-41-38-35-32-21-18-15-12-9-6-3)50-55(60)57-53(51-58)54(59)48-45-42-39-36-33-30-25-23-20-17-14-11-8-5-2/h26-29,35,38,52-54,58-59H,4-25,30-34,36-37,39-51H2,1-3H3,(H,57,60)/b27-26+,29-28+,38-35-. The zero-order valence-electron chi connectivity index (χ0n) is 41.5. The van der Waals surface area contributed by atoms with Gasteiger partial charge in [0.2, 0.25) is 5.91 Å². The third-order valence-electron chi connectivity index (χ3n) is 12.5. The molecule has 3 atom stereocenters. The van der Waals surface area contributed by atoms with Crippen LogP contribution in [0.5, 0.6) is 0 Å². The zero-order valence-corrected chi connectivity index (χ0v) is 41.5. The van der Waals surface area contributed by atoms with Gasteiger partial charge >= 0.3 is 5.97 Å². The number of carbonyl (C=O) groups is 2. The smallest absolute Gasteiger partial charge is 0.306 e. The lowest BCUT2D eigenvalue weighted by Gasteiger charge is -2.24. The summed E-state index contributed by atoms with van der Waals surface area (Å²) in [5.74, 6) is -0.512. The number of unbranched alkanes of at least 4 members (excludes halogenated alkanes) is 32. The zero-order chi connectivity index (χ0) is 45.2. The Hall–Kier alpha value is -1.92. The van der Waals surface area contributed by atoms with E-state index in [9.17, 15) is 19.8 Å². The number of rotatable bonds is 49. The van der Waals surface area contributed by atoms with Crippen LogP contribution in [0.4, 0.5) is 0 Å². The van der Waals surface area contributed by atoms with Crippen molar-refractivity contribution in [3.05, 3.63) is 36.5 Å². The minimum atomic E-state index is -0.795. The number of carbonyl (C=O) groups excluding carboxylic acids is 2. The molecule has 0 aromatic carbocycles. The predicted molar refractivity (Wildman–Crippen MR) is 269 cm³/mol. The van der Waals surface area contributed by atoms with E-state index in [0.717, 1.165) is 70.6 Å². The number of amides is 1. The number of nitrogens with one attached hydrogen (secondary N) is 1. The summed E-state index contributed by atoms with van der Waals surface area (Å²) in [5, 5.41) is 23.8. The Morgan fingerprint density at radius 1 is 0.468 bits per heavy atom. The lowest BCUT2D eigenvalue weighted by atomic mass is 10.0. The minimum absolute atomic E-state index is 0.0527. The molecule has 0 radical (unpaired) electrons. The minimum Gasteiger partial charge on any atom is -0.462 e. The molecule has 6 heteroatoms. The summed E-state index contributed by atoms with van der Waals surface area (Å²) in [5.41, 5.74) is 0. The van der Waals surface area contributed by atoms with Crippen molar-refractivity contribution >= 4 is 11.9 Å². The molecule has 0 fully saturated rings. The monoisotopic (exact) mass is 872 g/mol. The summed E-state index contributed by atoms with van der Waals surface area (Å²) in [6.45, 7) is 6.47. The van der Waals surface area contributed by atoms with Crippen LogP contribution in [0.2, 0.25) is 0 Å². The fraction of sp³-hybridized carbons (Fsp3) is 0.857. The first-order valence-corrected chi connectivity index (χ1v) is 27.2. The molecule has 0 bridgehead atoms. The van der Waals surface area contributed by atoms with Gasteiger partial charge in [0.05, 0.1) is 25.2 Å². The average molecular weight is 872 g/mol. The first-order chi connectivity index (χ1) is 30.5. The highest BCUT2D eigenvalue weighted by Crippen LogP contribution is 2.17. The van der Waals surface area contributed by atoms with Crippen molar-refractivity contribution in [3.63, 3.8) is 0 Å². The van der Waals surface area contributed by atoms with E-state index >= 15 is 0 Å². The molecular formula is C56H105NO5. The van der Waals surface area contributed by atoms with Crippen molar-refractivity contribution in [1.29, 1.82) is 0 Å². The van der Waals surface area contributed by atoms with Crippen LogP contribution in [0.1, 0.15) is 284 Å². The third-order valence-corrected chi connectivity index (χ3v) is 12.5. The Labute approximate surface area is 385 Å². The average Bonchev–Trinajstić information content (AvgIpc) is 3.26. The molecule has 0 saturated heterocycles. The summed E-state index contributed by atoms with van der Waals surface area (Å²) in [4.78, 5) is 26.1. The van der Waals surface area contributed by atoms with Gasteiger partial charge in [0.1, 0.15) is 6.10 Å². The molecule has 0 aliphatic carbocycles. The Morgan fingerprint density at radius 2 is 0.839 bits per heavy atom. The van der Waals surface area contributed by atoms with E-state index in [-0.39, 0.29) is 24.9 Å². The molecule has 0 aromatic heterocycles. The van der Waals surface area contributed by atoms with E-state index in [2.05, 4.69) is 62.5 Å². The molecule has 3 N–H and O–H groups in total. The Bertz CT molecular complexity index is 1020. The lowest BCUT2D eigenvalue weighted by Crippen LogP contribution is -2.46. The number of hydrogen-bond acceptors (Lipinski definition) is 5. The van der Waals surface area contributed by atoms with Gasteiger partial charge in [-0.3, -0.25) is 9.59 Å². The van der Waals surface area contributed by atoms with Gasteiger partial charge in [0, 0.05) is 6.42 Å². The maximum atomic E-state index is 13.2. The fourth-order valence-electron chi connectivity index (χ4n) is 8.31. The normalized spacial score (nSPS) is 13.4. The van der Waals surface area contributed by atoms with Crippen molar-refractivity contribution < 1.29 is 24.5 Å². The topological polar surface area (TPSA) is 95.9 Å². The van der Waals surface area contributed by atoms with Crippen LogP contribution in [0.25, 0.3) is 0 Å². The van der Waals surface area contributed by atoms with Crippen LogP contribution in [0.3, 0.4) is 0 Å². The van der Waals surface area contributed by atoms with Gasteiger partial charge < -0.3 is 20.3 Å². The van der Waals surface area contributed by atoms with Crippen LogP contribution in [-0.4, -0.2) is 46.9 Å². The molecule has 0 rings (SSSR count). The summed E-state index contributed by atoms with van der Waals surface area (Å²) in [7, 11) is 0. The number of ether oxygens (including phenoxy) is 1. The van der Waals surface area contributed by atoms with Gasteiger partial charge in [-0.1, -0.05) is 237 Å². The van der Waals surface area contributed by atoms with Crippen molar-refractivity contribution in [2.75, 3.05) is 6.61 Å². The number of esters is 1. The molecule has 0 aliphatic rings. The molecule has 0 heterocycles. The summed E-state index contributed by atoms with van der Waals surface area (Å²) in [6.07, 6.45) is 59.2. The molecule has 3 unspecified atom stereocenters. The van der Waals surface area contributed by atoms with Crippen molar-refractivity contribution in [2.24, 2.45) is 0 Å². The van der Waals surface area contributed by atoms with Gasteiger partial charge in [0.15, 0.2) is 0 Å². The van der Waals surface area contributed by atoms with E-state index in [1.165, 1.54) is 167 Å². The van der Waals surface area contributed by atoms with E-state index in [1.54, 1.807) is 0 Å². The Kier molecular flexibility index (Phi) is 48.5. The molecular weight excluding hydrogens is 767 g/mol. The molecule has 0 aromatic rings. The summed E-state index contributed by atoms with van der Waals surface area (Å²) < 4.78 is 5.91. The highest BCUT2D eigenvalue weighted by atomic mass is 16.5. The van der Waals surface area contributed by atoms with E-state index in [1.807, 2.05) is 0 Å². The molecule has 62 heavy (non-hydrogen) atoms. The second kappa shape index (κ2) is 50.1. The quantitative estimate of drug-likeness (QED) is 0.0245. The first kappa shape index (κ1) is 60.1. The van der Waals surface area contributed by atoms with Crippen LogP contribution >= 0.6 is 0 Å². The van der Waals surface area contributed by atoms with E-state index in [4.69, 9.17) is 4.74 Å². The van der Waals surface area contributed by atoms with Crippen LogP contribution in [-0.2, 0) is 14.3 Å². The highest BCUT2D eigenvalue weighted by Gasteiger charge is 2.24. The fourth-order valence-corrected chi connectivity index (χ4v) is 8.31.